The van der Waals surface area contributed by atoms with Crippen molar-refractivity contribution in [3.63, 3.8) is 0 Å². The summed E-state index contributed by atoms with van der Waals surface area (Å²) in [5.41, 5.74) is 7.63. The van der Waals surface area contributed by atoms with Gasteiger partial charge in [0.15, 0.2) is 6.61 Å². The molecular weight excluding hydrogens is 330 g/mol. The van der Waals surface area contributed by atoms with E-state index in [0.29, 0.717) is 32.1 Å². The molecule has 1 aromatic carbocycles. The van der Waals surface area contributed by atoms with Crippen LogP contribution < -0.4 is 15.8 Å². The van der Waals surface area contributed by atoms with Gasteiger partial charge in [-0.25, -0.2) is 0 Å². The van der Waals surface area contributed by atoms with Crippen LogP contribution in [0.3, 0.4) is 0 Å². The third kappa shape index (κ3) is 5.46. The maximum Gasteiger partial charge on any atom is 0.260 e. The summed E-state index contributed by atoms with van der Waals surface area (Å²) in [6.45, 7) is 8.23. The molecule has 6 heteroatoms. The van der Waals surface area contributed by atoms with E-state index < -0.39 is 0 Å². The maximum absolute atomic E-state index is 12.6. The van der Waals surface area contributed by atoms with Crippen LogP contribution in [0.1, 0.15) is 43.7 Å². The number of amides is 2. The van der Waals surface area contributed by atoms with Crippen LogP contribution in [0, 0.1) is 12.8 Å². The Kier molecular flexibility index (Phi) is 7.45. The summed E-state index contributed by atoms with van der Waals surface area (Å²) in [6.07, 6.45) is 1.63. The normalized spacial score (nSPS) is 17.3. The maximum atomic E-state index is 12.6. The Morgan fingerprint density at radius 1 is 1.38 bits per heavy atom. The van der Waals surface area contributed by atoms with Crippen molar-refractivity contribution in [3.05, 3.63) is 29.3 Å². The minimum Gasteiger partial charge on any atom is -0.483 e. The quantitative estimate of drug-likeness (QED) is 0.776. The number of aryl methyl sites for hydroxylation is 1. The second kappa shape index (κ2) is 9.57. The Morgan fingerprint density at radius 2 is 2.15 bits per heavy atom. The second-order valence-corrected chi connectivity index (χ2v) is 7.24. The molecule has 0 aromatic heterocycles. The molecule has 1 unspecified atom stereocenters. The predicted molar refractivity (Wildman–Crippen MR) is 102 cm³/mol. The molecule has 1 atom stereocenters. The largest absolute Gasteiger partial charge is 0.483 e. The summed E-state index contributed by atoms with van der Waals surface area (Å²) in [7, 11) is 0. The topological polar surface area (TPSA) is 84.7 Å². The number of nitrogens with one attached hydrogen (secondary N) is 1. The van der Waals surface area contributed by atoms with Gasteiger partial charge >= 0.3 is 0 Å². The number of ether oxygens (including phenoxy) is 1. The Labute approximate surface area is 156 Å². The number of carbonyl (C=O) groups excluding carboxylic acids is 2. The first-order valence-electron chi connectivity index (χ1n) is 9.41. The molecule has 1 aliphatic heterocycles. The Bertz CT molecular complexity index is 631. The molecule has 2 rings (SSSR count). The molecule has 1 aromatic rings. The fraction of sp³-hybridized carbons (Fsp3) is 0.600. The number of carbonyl (C=O) groups is 2. The van der Waals surface area contributed by atoms with Crippen molar-refractivity contribution >= 4 is 11.8 Å². The highest BCUT2D eigenvalue weighted by molar-refractivity contribution is 5.82. The molecule has 1 heterocycles. The fourth-order valence-corrected chi connectivity index (χ4v) is 3.23. The molecule has 2 amide bonds. The van der Waals surface area contributed by atoms with Gasteiger partial charge in [-0.3, -0.25) is 9.59 Å². The number of piperidine rings is 1. The average molecular weight is 361 g/mol. The molecule has 0 saturated carbocycles. The van der Waals surface area contributed by atoms with Crippen LogP contribution in [-0.4, -0.2) is 49.5 Å². The Hall–Kier alpha value is -2.08. The van der Waals surface area contributed by atoms with Crippen LogP contribution in [0.2, 0.25) is 0 Å². The van der Waals surface area contributed by atoms with Gasteiger partial charge in [-0.1, -0.05) is 26.0 Å². The first-order valence-corrected chi connectivity index (χ1v) is 9.41. The third-order valence-electron chi connectivity index (χ3n) is 4.73. The number of rotatable bonds is 7. The van der Waals surface area contributed by atoms with Crippen molar-refractivity contribution in [2.45, 2.75) is 39.5 Å². The summed E-state index contributed by atoms with van der Waals surface area (Å²) >= 11 is 0. The molecule has 1 fully saturated rings. The van der Waals surface area contributed by atoms with Gasteiger partial charge in [-0.2, -0.15) is 0 Å². The van der Waals surface area contributed by atoms with Crippen LogP contribution in [0.5, 0.6) is 5.75 Å². The van der Waals surface area contributed by atoms with E-state index in [9.17, 15) is 9.59 Å². The van der Waals surface area contributed by atoms with E-state index in [4.69, 9.17) is 10.5 Å². The number of hydrogen-bond donors (Lipinski definition) is 2. The molecule has 6 nitrogen and oxygen atoms in total. The van der Waals surface area contributed by atoms with E-state index in [-0.39, 0.29) is 24.3 Å². The number of likely N-dealkylation sites (tertiary alicyclic amines) is 1. The third-order valence-corrected chi connectivity index (χ3v) is 4.73. The molecule has 1 saturated heterocycles. The zero-order valence-corrected chi connectivity index (χ0v) is 16.1. The summed E-state index contributed by atoms with van der Waals surface area (Å²) < 4.78 is 5.85. The van der Waals surface area contributed by atoms with Crippen LogP contribution in [0.15, 0.2) is 18.2 Å². The Morgan fingerprint density at radius 3 is 2.85 bits per heavy atom. The lowest BCUT2D eigenvalue weighted by atomic mass is 9.97. The van der Waals surface area contributed by atoms with Crippen LogP contribution in [0.25, 0.3) is 0 Å². The predicted octanol–water partition coefficient (Wildman–Crippen LogP) is 1.81. The lowest BCUT2D eigenvalue weighted by Crippen LogP contribution is -2.47. The summed E-state index contributed by atoms with van der Waals surface area (Å²) in [4.78, 5) is 26.4. The molecule has 3 N–H and O–H groups in total. The van der Waals surface area contributed by atoms with E-state index in [1.807, 2.05) is 13.0 Å². The van der Waals surface area contributed by atoms with Crippen molar-refractivity contribution in [1.82, 2.24) is 10.2 Å². The van der Waals surface area contributed by atoms with E-state index in [1.165, 1.54) is 0 Å². The molecular formula is C20H31N3O3. The van der Waals surface area contributed by atoms with Gasteiger partial charge in [0.2, 0.25) is 5.91 Å². The lowest BCUT2D eigenvalue weighted by molar-refractivity contribution is -0.137. The highest BCUT2D eigenvalue weighted by Crippen LogP contribution is 2.27. The number of nitrogens with zero attached hydrogens (tertiary/aromatic N) is 1. The van der Waals surface area contributed by atoms with Crippen molar-refractivity contribution < 1.29 is 14.3 Å². The highest BCUT2D eigenvalue weighted by atomic mass is 16.5. The van der Waals surface area contributed by atoms with Gasteiger partial charge in [-0.05, 0) is 42.9 Å². The van der Waals surface area contributed by atoms with Crippen molar-refractivity contribution in [1.29, 1.82) is 0 Å². The second-order valence-electron chi connectivity index (χ2n) is 7.24. The SMILES string of the molecule is Cc1ccc(C(C)C)c(OCC(=O)N2CCCC(C(=O)NCCN)C2)c1. The number of hydrogen-bond acceptors (Lipinski definition) is 4. The van der Waals surface area contributed by atoms with Crippen molar-refractivity contribution in [2.75, 3.05) is 32.8 Å². The van der Waals surface area contributed by atoms with Crippen molar-refractivity contribution in [3.8, 4) is 5.75 Å². The first-order chi connectivity index (χ1) is 12.4. The van der Waals surface area contributed by atoms with Crippen LogP contribution in [-0.2, 0) is 9.59 Å². The van der Waals surface area contributed by atoms with Gasteiger partial charge in [0.05, 0.1) is 5.92 Å². The molecule has 0 radical (unpaired) electrons. The van der Waals surface area contributed by atoms with E-state index in [2.05, 4.69) is 31.3 Å². The minimum atomic E-state index is -0.163. The van der Waals surface area contributed by atoms with Crippen molar-refractivity contribution in [2.24, 2.45) is 11.7 Å². The monoisotopic (exact) mass is 361 g/mol. The minimum absolute atomic E-state index is 0.000310. The van der Waals surface area contributed by atoms with Crippen LogP contribution in [0.4, 0.5) is 0 Å². The first kappa shape index (κ1) is 20.2. The summed E-state index contributed by atoms with van der Waals surface area (Å²) in [5.74, 6) is 0.838. The molecule has 0 bridgehead atoms. The van der Waals surface area contributed by atoms with E-state index in [1.54, 1.807) is 4.90 Å². The fourth-order valence-electron chi connectivity index (χ4n) is 3.23. The van der Waals surface area contributed by atoms with E-state index >= 15 is 0 Å². The van der Waals surface area contributed by atoms with Gasteiger partial charge in [0.1, 0.15) is 5.75 Å². The molecule has 144 valence electrons. The zero-order valence-electron chi connectivity index (χ0n) is 16.1. The highest BCUT2D eigenvalue weighted by Gasteiger charge is 2.28. The van der Waals surface area contributed by atoms with Gasteiger partial charge < -0.3 is 20.7 Å². The molecule has 0 aliphatic carbocycles. The van der Waals surface area contributed by atoms with Gasteiger partial charge in [0, 0.05) is 26.2 Å². The average Bonchev–Trinajstić information content (AvgIpc) is 2.64. The molecule has 1 aliphatic rings. The number of nitrogens with two attached hydrogens (primary N) is 1. The Balaban J connectivity index is 1.93. The summed E-state index contributed by atoms with van der Waals surface area (Å²) in [6, 6.07) is 6.08. The molecule has 0 spiro atoms. The van der Waals surface area contributed by atoms with E-state index in [0.717, 1.165) is 29.7 Å². The standard InChI is InChI=1S/C20H31N3O3/c1-14(2)17-7-6-15(3)11-18(17)26-13-19(24)23-10-4-5-16(12-23)20(25)22-9-8-21/h6-7,11,14,16H,4-5,8-10,12-13,21H2,1-3H3,(H,22,25). The molecule has 26 heavy (non-hydrogen) atoms. The zero-order chi connectivity index (χ0) is 19.1. The lowest BCUT2D eigenvalue weighted by Gasteiger charge is -2.32. The van der Waals surface area contributed by atoms with Gasteiger partial charge in [-0.15, -0.1) is 0 Å². The van der Waals surface area contributed by atoms with Crippen LogP contribution >= 0.6 is 0 Å². The van der Waals surface area contributed by atoms with Gasteiger partial charge in [0.25, 0.3) is 5.91 Å². The summed E-state index contributed by atoms with van der Waals surface area (Å²) in [5, 5.41) is 2.81. The number of benzene rings is 1. The smallest absolute Gasteiger partial charge is 0.260 e.